The van der Waals surface area contributed by atoms with Crippen molar-refractivity contribution in [2.75, 3.05) is 0 Å². The van der Waals surface area contributed by atoms with Gasteiger partial charge in [0.15, 0.2) is 5.78 Å². The van der Waals surface area contributed by atoms with Crippen molar-refractivity contribution in [1.29, 1.82) is 0 Å². The lowest BCUT2D eigenvalue weighted by atomic mass is 9.41. The molecule has 4 rings (SSSR count). The summed E-state index contributed by atoms with van der Waals surface area (Å²) in [4.78, 5) is 11.9. The molecule has 0 aromatic heterocycles. The lowest BCUT2D eigenvalue weighted by Gasteiger charge is -2.63. The molecule has 2 nitrogen and oxygen atoms in total. The first-order chi connectivity index (χ1) is 10.3. The largest absolute Gasteiger partial charge is 0.393 e. The Bertz CT molecular complexity index is 550. The highest BCUT2D eigenvalue weighted by atomic mass is 16.3. The average molecular weight is 302 g/mol. The van der Waals surface area contributed by atoms with Crippen LogP contribution in [0.4, 0.5) is 0 Å². The minimum Gasteiger partial charge on any atom is -0.393 e. The summed E-state index contributed by atoms with van der Waals surface area (Å²) >= 11 is 0. The monoisotopic (exact) mass is 302 g/mol. The van der Waals surface area contributed by atoms with E-state index in [0.29, 0.717) is 23.0 Å². The number of rotatable bonds is 0. The summed E-state index contributed by atoms with van der Waals surface area (Å²) in [7, 11) is 0. The van der Waals surface area contributed by atoms with E-state index < -0.39 is 0 Å². The van der Waals surface area contributed by atoms with Crippen molar-refractivity contribution in [3.05, 3.63) is 11.6 Å². The van der Waals surface area contributed by atoms with Crippen molar-refractivity contribution in [1.82, 2.24) is 0 Å². The van der Waals surface area contributed by atoms with Gasteiger partial charge in [-0.2, -0.15) is 0 Å². The minimum absolute atomic E-state index is 0.104. The second kappa shape index (κ2) is 4.47. The summed E-state index contributed by atoms with van der Waals surface area (Å²) in [6.07, 6.45) is 10.5. The molecule has 3 saturated carbocycles. The van der Waals surface area contributed by atoms with Gasteiger partial charge in [-0.3, -0.25) is 4.79 Å². The Morgan fingerprint density at radius 2 is 1.73 bits per heavy atom. The first-order valence-electron chi connectivity index (χ1n) is 9.23. The molecule has 122 valence electrons. The van der Waals surface area contributed by atoms with E-state index in [0.717, 1.165) is 32.1 Å². The van der Waals surface area contributed by atoms with E-state index in [1.165, 1.54) is 24.8 Å². The molecule has 2 heteroatoms. The van der Waals surface area contributed by atoms with Gasteiger partial charge in [0.1, 0.15) is 0 Å². The van der Waals surface area contributed by atoms with E-state index in [2.05, 4.69) is 20.8 Å². The highest BCUT2D eigenvalue weighted by Gasteiger charge is 2.63. The van der Waals surface area contributed by atoms with Crippen molar-refractivity contribution < 1.29 is 9.90 Å². The van der Waals surface area contributed by atoms with Gasteiger partial charge in [-0.1, -0.05) is 26.3 Å². The second-order valence-corrected chi connectivity index (χ2v) is 9.30. The maximum atomic E-state index is 11.9. The third-order valence-corrected chi connectivity index (χ3v) is 8.51. The van der Waals surface area contributed by atoms with Crippen LogP contribution in [0.25, 0.3) is 0 Å². The van der Waals surface area contributed by atoms with E-state index in [4.69, 9.17) is 0 Å². The molecule has 4 aliphatic carbocycles. The maximum absolute atomic E-state index is 11.9. The zero-order valence-corrected chi connectivity index (χ0v) is 14.3. The quantitative estimate of drug-likeness (QED) is 0.725. The number of allylic oxidation sites excluding steroid dienone is 1. The average Bonchev–Trinajstić information content (AvgIpc) is 2.77. The molecule has 0 radical (unpaired) electrons. The summed E-state index contributed by atoms with van der Waals surface area (Å²) in [5.74, 6) is 1.69. The number of carbonyl (C=O) groups is 1. The number of hydrogen-bond donors (Lipinski definition) is 1. The lowest BCUT2D eigenvalue weighted by molar-refractivity contribution is -0.133. The Kier molecular flexibility index (Phi) is 3.03. The lowest BCUT2D eigenvalue weighted by Crippen LogP contribution is -2.56. The van der Waals surface area contributed by atoms with Crippen LogP contribution in [0.3, 0.4) is 0 Å². The summed E-state index contributed by atoms with van der Waals surface area (Å²) in [6.45, 7) is 7.28. The van der Waals surface area contributed by atoms with Crippen LogP contribution >= 0.6 is 0 Å². The molecule has 3 fully saturated rings. The van der Waals surface area contributed by atoms with Crippen molar-refractivity contribution in [3.63, 3.8) is 0 Å². The molecule has 0 aromatic rings. The molecule has 4 aliphatic rings. The van der Waals surface area contributed by atoms with Crippen LogP contribution in [0.5, 0.6) is 0 Å². The number of aliphatic hydroxyl groups excluding tert-OH is 1. The van der Waals surface area contributed by atoms with Crippen LogP contribution in [-0.2, 0) is 4.79 Å². The third-order valence-electron chi connectivity index (χ3n) is 8.51. The molecule has 0 spiro atoms. The van der Waals surface area contributed by atoms with Crippen LogP contribution in [0.15, 0.2) is 11.6 Å². The van der Waals surface area contributed by atoms with Crippen LogP contribution in [0.2, 0.25) is 0 Å². The minimum atomic E-state index is -0.104. The van der Waals surface area contributed by atoms with Gasteiger partial charge in [0.25, 0.3) is 0 Å². The zero-order valence-electron chi connectivity index (χ0n) is 14.3. The Hall–Kier alpha value is -0.630. The molecule has 22 heavy (non-hydrogen) atoms. The second-order valence-electron chi connectivity index (χ2n) is 9.30. The normalized spacial score (nSPS) is 54.3. The van der Waals surface area contributed by atoms with Crippen LogP contribution in [0.1, 0.15) is 72.1 Å². The molecule has 6 atom stereocenters. The molecule has 0 aliphatic heterocycles. The van der Waals surface area contributed by atoms with Gasteiger partial charge < -0.3 is 5.11 Å². The van der Waals surface area contributed by atoms with E-state index in [1.807, 2.05) is 6.08 Å². The molecular weight excluding hydrogens is 272 g/mol. The third kappa shape index (κ3) is 1.68. The summed E-state index contributed by atoms with van der Waals surface area (Å²) < 4.78 is 0. The molecule has 0 aromatic carbocycles. The van der Waals surface area contributed by atoms with Gasteiger partial charge in [-0.15, -0.1) is 0 Å². The van der Waals surface area contributed by atoms with Crippen molar-refractivity contribution in [2.45, 2.75) is 78.2 Å². The van der Waals surface area contributed by atoms with Crippen LogP contribution in [0, 0.1) is 28.1 Å². The molecule has 1 N–H and O–H groups in total. The van der Waals surface area contributed by atoms with E-state index in [1.54, 1.807) is 0 Å². The number of carbonyl (C=O) groups excluding carboxylic acids is 1. The zero-order chi connectivity index (χ0) is 15.8. The van der Waals surface area contributed by atoms with Crippen LogP contribution in [-0.4, -0.2) is 17.0 Å². The molecular formula is C20H30O2. The Morgan fingerprint density at radius 1 is 0.955 bits per heavy atom. The van der Waals surface area contributed by atoms with Crippen molar-refractivity contribution >= 4 is 5.78 Å². The maximum Gasteiger partial charge on any atom is 0.155 e. The van der Waals surface area contributed by atoms with Gasteiger partial charge in [0.2, 0.25) is 0 Å². The fraction of sp³-hybridized carbons (Fsp3) is 0.850. The fourth-order valence-electron chi connectivity index (χ4n) is 7.20. The van der Waals surface area contributed by atoms with Crippen molar-refractivity contribution in [2.24, 2.45) is 28.1 Å². The first kappa shape index (κ1) is 14.9. The topological polar surface area (TPSA) is 37.3 Å². The van der Waals surface area contributed by atoms with Gasteiger partial charge >= 0.3 is 0 Å². The Morgan fingerprint density at radius 3 is 2.50 bits per heavy atom. The Labute approximate surface area is 134 Å². The number of hydrogen-bond acceptors (Lipinski definition) is 2. The fourth-order valence-corrected chi connectivity index (χ4v) is 7.20. The molecule has 0 unspecified atom stereocenters. The van der Waals surface area contributed by atoms with Crippen molar-refractivity contribution in [3.8, 4) is 0 Å². The molecule has 0 amide bonds. The predicted molar refractivity (Wildman–Crippen MR) is 87.3 cm³/mol. The van der Waals surface area contributed by atoms with Gasteiger partial charge in [-0.25, -0.2) is 0 Å². The van der Waals surface area contributed by atoms with Gasteiger partial charge in [0, 0.05) is 6.42 Å². The Balaban J connectivity index is 1.76. The van der Waals surface area contributed by atoms with E-state index >= 15 is 0 Å². The molecule has 0 bridgehead atoms. The smallest absolute Gasteiger partial charge is 0.155 e. The summed E-state index contributed by atoms with van der Waals surface area (Å²) in [6, 6.07) is 0. The SMILES string of the molecule is C[C@]12CC[C@H]3[C@@](C)(CCC4=CC(=O)CC[C@@]43C)[C@H]1CC[C@@H]2O. The molecule has 0 saturated heterocycles. The molecule has 0 heterocycles. The number of fused-ring (bicyclic) bond motifs is 5. The summed E-state index contributed by atoms with van der Waals surface area (Å²) in [5, 5.41) is 10.6. The predicted octanol–water partition coefficient (Wildman–Crippen LogP) is 4.27. The highest BCUT2D eigenvalue weighted by molar-refractivity contribution is 5.91. The number of ketones is 1. The highest BCUT2D eigenvalue weighted by Crippen LogP contribution is 2.70. The van der Waals surface area contributed by atoms with Gasteiger partial charge in [0.05, 0.1) is 6.10 Å². The first-order valence-corrected chi connectivity index (χ1v) is 9.23. The number of aliphatic hydroxyl groups is 1. The summed E-state index contributed by atoms with van der Waals surface area (Å²) in [5.41, 5.74) is 2.15. The standard InChI is InChI=1S/C20H30O2/c1-18-10-7-14(21)12-13(18)6-9-19(2)15-4-5-17(22)20(15,3)11-8-16(18)19/h12,15-17,22H,4-11H2,1-3H3/t15-,16-,17+,18+,19+,20+/m1/s1. The van der Waals surface area contributed by atoms with Gasteiger partial charge in [-0.05, 0) is 79.1 Å². The van der Waals surface area contributed by atoms with Crippen LogP contribution < -0.4 is 0 Å². The van der Waals surface area contributed by atoms with E-state index in [9.17, 15) is 9.90 Å². The van der Waals surface area contributed by atoms with E-state index in [-0.39, 0.29) is 16.9 Å².